The molecule has 0 unspecified atom stereocenters. The smallest absolute Gasteiger partial charge is 0.275 e. The van der Waals surface area contributed by atoms with Crippen molar-refractivity contribution in [1.29, 1.82) is 0 Å². The van der Waals surface area contributed by atoms with Gasteiger partial charge < -0.3 is 5.11 Å². The van der Waals surface area contributed by atoms with Crippen molar-refractivity contribution in [3.05, 3.63) is 27.1 Å². The summed E-state index contributed by atoms with van der Waals surface area (Å²) < 4.78 is 1.37. The highest BCUT2D eigenvalue weighted by Crippen LogP contribution is 2.25. The Morgan fingerprint density at radius 3 is 2.85 bits per heavy atom. The largest absolute Gasteiger partial charge is 0.387 e. The third-order valence-electron chi connectivity index (χ3n) is 3.72. The molecule has 0 amide bonds. The van der Waals surface area contributed by atoms with Crippen molar-refractivity contribution in [2.45, 2.75) is 38.8 Å². The molecule has 1 N–H and O–H groups in total. The van der Waals surface area contributed by atoms with Gasteiger partial charge in [0.1, 0.15) is 5.01 Å². The first-order valence-electron chi connectivity index (χ1n) is 6.86. The van der Waals surface area contributed by atoms with E-state index in [9.17, 15) is 9.90 Å². The van der Waals surface area contributed by atoms with Crippen LogP contribution in [0, 0.1) is 0 Å². The van der Waals surface area contributed by atoms with Gasteiger partial charge in [0.15, 0.2) is 0 Å². The fourth-order valence-electron chi connectivity index (χ4n) is 2.47. The molecule has 3 heterocycles. The van der Waals surface area contributed by atoms with Crippen LogP contribution in [0.25, 0.3) is 4.96 Å². The van der Waals surface area contributed by atoms with E-state index in [1.807, 2.05) is 13.8 Å². The van der Waals surface area contributed by atoms with Crippen molar-refractivity contribution in [2.75, 3.05) is 13.1 Å². The molecule has 108 valence electrons. The highest BCUT2D eigenvalue weighted by atomic mass is 32.1. The SMILES string of the molecule is CCc1nn2c(=O)cc(CN3CC(O)(CC)C3)nc2s1. The molecule has 2 aromatic heterocycles. The highest BCUT2D eigenvalue weighted by Gasteiger charge is 2.39. The molecular weight excluding hydrogens is 276 g/mol. The van der Waals surface area contributed by atoms with Gasteiger partial charge in [-0.1, -0.05) is 25.2 Å². The second-order valence-electron chi connectivity index (χ2n) is 5.35. The van der Waals surface area contributed by atoms with Crippen LogP contribution < -0.4 is 5.56 Å². The van der Waals surface area contributed by atoms with Crippen molar-refractivity contribution in [3.63, 3.8) is 0 Å². The van der Waals surface area contributed by atoms with Crippen molar-refractivity contribution >= 4 is 16.3 Å². The molecule has 1 fully saturated rings. The zero-order chi connectivity index (χ0) is 14.3. The Hall–Kier alpha value is -1.31. The number of likely N-dealkylation sites (tertiary alicyclic amines) is 1. The lowest BCUT2D eigenvalue weighted by Gasteiger charge is -2.46. The molecule has 2 aromatic rings. The summed E-state index contributed by atoms with van der Waals surface area (Å²) in [6.45, 7) is 5.89. The molecule has 6 nitrogen and oxygen atoms in total. The van der Waals surface area contributed by atoms with Crippen LogP contribution >= 0.6 is 11.3 Å². The molecule has 1 aliphatic rings. The Bertz CT molecular complexity index is 687. The summed E-state index contributed by atoms with van der Waals surface area (Å²) in [6.07, 6.45) is 1.56. The summed E-state index contributed by atoms with van der Waals surface area (Å²) in [4.78, 5) is 19.2. The summed E-state index contributed by atoms with van der Waals surface area (Å²) in [5, 5.41) is 15.1. The van der Waals surface area contributed by atoms with Crippen LogP contribution in [0.2, 0.25) is 0 Å². The standard InChI is InChI=1S/C13H18N4O2S/c1-3-10-15-17-11(18)5-9(14-12(17)20-10)6-16-7-13(19,4-2)8-16/h5,19H,3-4,6-8H2,1-2H3. The minimum Gasteiger partial charge on any atom is -0.387 e. The molecule has 1 aliphatic heterocycles. The van der Waals surface area contributed by atoms with Crippen LogP contribution in [0.5, 0.6) is 0 Å². The molecule has 0 atom stereocenters. The summed E-state index contributed by atoms with van der Waals surface area (Å²) >= 11 is 1.46. The maximum atomic E-state index is 12.0. The van der Waals surface area contributed by atoms with Gasteiger partial charge in [0.25, 0.3) is 5.56 Å². The third kappa shape index (κ3) is 2.36. The fraction of sp³-hybridized carbons (Fsp3) is 0.615. The van der Waals surface area contributed by atoms with Crippen LogP contribution in [0.4, 0.5) is 0 Å². The monoisotopic (exact) mass is 294 g/mol. The van der Waals surface area contributed by atoms with Gasteiger partial charge >= 0.3 is 0 Å². The van der Waals surface area contributed by atoms with Crippen LogP contribution in [-0.2, 0) is 13.0 Å². The molecule has 0 aromatic carbocycles. The van der Waals surface area contributed by atoms with E-state index in [2.05, 4.69) is 15.0 Å². The minimum absolute atomic E-state index is 0.132. The molecule has 20 heavy (non-hydrogen) atoms. The van der Waals surface area contributed by atoms with Crippen molar-refractivity contribution in [2.24, 2.45) is 0 Å². The summed E-state index contributed by atoms with van der Waals surface area (Å²) in [5.41, 5.74) is 0.0608. The Morgan fingerprint density at radius 1 is 1.45 bits per heavy atom. The van der Waals surface area contributed by atoms with E-state index in [0.717, 1.165) is 23.5 Å². The first kappa shape index (κ1) is 13.7. The summed E-state index contributed by atoms with van der Waals surface area (Å²) in [5.74, 6) is 0. The number of hydrogen-bond acceptors (Lipinski definition) is 6. The lowest BCUT2D eigenvalue weighted by atomic mass is 9.91. The lowest BCUT2D eigenvalue weighted by molar-refractivity contribution is -0.103. The lowest BCUT2D eigenvalue weighted by Crippen LogP contribution is -2.60. The van der Waals surface area contributed by atoms with Crippen LogP contribution in [0.15, 0.2) is 10.9 Å². The number of rotatable bonds is 4. The van der Waals surface area contributed by atoms with E-state index in [0.29, 0.717) is 24.6 Å². The first-order valence-corrected chi connectivity index (χ1v) is 7.68. The predicted octanol–water partition coefficient (Wildman–Crippen LogP) is 0.670. The van der Waals surface area contributed by atoms with Gasteiger partial charge in [0.05, 0.1) is 11.3 Å². The molecule has 7 heteroatoms. The Kier molecular flexibility index (Phi) is 3.35. The van der Waals surface area contributed by atoms with Crippen LogP contribution in [0.3, 0.4) is 0 Å². The van der Waals surface area contributed by atoms with E-state index in [1.165, 1.54) is 21.9 Å². The van der Waals surface area contributed by atoms with E-state index in [-0.39, 0.29) is 5.56 Å². The molecule has 0 radical (unpaired) electrons. The Balaban J connectivity index is 1.81. The molecule has 1 saturated heterocycles. The molecule has 0 saturated carbocycles. The van der Waals surface area contributed by atoms with Gasteiger partial charge in [0, 0.05) is 25.7 Å². The number of aromatic nitrogens is 3. The quantitative estimate of drug-likeness (QED) is 0.897. The molecule has 0 spiro atoms. The van der Waals surface area contributed by atoms with E-state index >= 15 is 0 Å². The van der Waals surface area contributed by atoms with Gasteiger partial charge in [-0.15, -0.1) is 0 Å². The highest BCUT2D eigenvalue weighted by molar-refractivity contribution is 7.16. The van der Waals surface area contributed by atoms with Gasteiger partial charge in [-0.2, -0.15) is 9.61 Å². The topological polar surface area (TPSA) is 70.7 Å². The number of aliphatic hydroxyl groups is 1. The number of aryl methyl sites for hydroxylation is 1. The Morgan fingerprint density at radius 2 is 2.20 bits per heavy atom. The number of β-amino-alcohol motifs (C(OH)–C–C–N with tert-alkyl or cyclic N) is 1. The normalized spacial score (nSPS) is 18.4. The molecule has 0 aliphatic carbocycles. The Labute approximate surface area is 120 Å². The first-order chi connectivity index (χ1) is 9.53. The second kappa shape index (κ2) is 4.91. The van der Waals surface area contributed by atoms with Crippen LogP contribution in [-0.4, -0.2) is 43.3 Å². The van der Waals surface area contributed by atoms with E-state index in [4.69, 9.17) is 0 Å². The minimum atomic E-state index is -0.557. The van der Waals surface area contributed by atoms with Crippen molar-refractivity contribution in [3.8, 4) is 0 Å². The third-order valence-corrected chi connectivity index (χ3v) is 4.77. The van der Waals surface area contributed by atoms with Gasteiger partial charge in [0.2, 0.25) is 4.96 Å². The number of hydrogen-bond donors (Lipinski definition) is 1. The maximum absolute atomic E-state index is 12.0. The van der Waals surface area contributed by atoms with Crippen molar-refractivity contribution < 1.29 is 5.11 Å². The average molecular weight is 294 g/mol. The van der Waals surface area contributed by atoms with Crippen LogP contribution in [0.1, 0.15) is 31.0 Å². The molecular formula is C13H18N4O2S. The average Bonchev–Trinajstić information content (AvgIpc) is 2.80. The fourth-order valence-corrected chi connectivity index (χ4v) is 3.33. The predicted molar refractivity (Wildman–Crippen MR) is 77.0 cm³/mol. The zero-order valence-corrected chi connectivity index (χ0v) is 12.5. The number of nitrogens with zero attached hydrogens (tertiary/aromatic N) is 4. The number of fused-ring (bicyclic) bond motifs is 1. The van der Waals surface area contributed by atoms with Crippen molar-refractivity contribution in [1.82, 2.24) is 19.5 Å². The second-order valence-corrected chi connectivity index (χ2v) is 6.39. The van der Waals surface area contributed by atoms with Gasteiger partial charge in [-0.3, -0.25) is 9.69 Å². The van der Waals surface area contributed by atoms with Gasteiger partial charge in [-0.25, -0.2) is 4.98 Å². The molecule has 0 bridgehead atoms. The van der Waals surface area contributed by atoms with E-state index in [1.54, 1.807) is 0 Å². The summed E-state index contributed by atoms with van der Waals surface area (Å²) in [7, 11) is 0. The molecule has 3 rings (SSSR count). The van der Waals surface area contributed by atoms with Gasteiger partial charge in [-0.05, 0) is 12.8 Å². The summed E-state index contributed by atoms with van der Waals surface area (Å²) in [6, 6.07) is 1.54. The maximum Gasteiger partial charge on any atom is 0.275 e. The zero-order valence-electron chi connectivity index (χ0n) is 11.7. The van der Waals surface area contributed by atoms with E-state index < -0.39 is 5.60 Å².